The van der Waals surface area contributed by atoms with Crippen LogP contribution in [0.15, 0.2) is 21.7 Å². The van der Waals surface area contributed by atoms with Crippen LogP contribution < -0.4 is 4.72 Å². The summed E-state index contributed by atoms with van der Waals surface area (Å²) in [7, 11) is -3.42. The third kappa shape index (κ3) is 2.80. The number of nitrogens with zero attached hydrogens (tertiary/aromatic N) is 1. The molecule has 0 amide bonds. The van der Waals surface area contributed by atoms with Crippen LogP contribution in [0, 0.1) is 11.3 Å². The van der Waals surface area contributed by atoms with Gasteiger partial charge in [0.25, 0.3) is 0 Å². The second kappa shape index (κ2) is 4.55. The van der Waals surface area contributed by atoms with Gasteiger partial charge in [-0.15, -0.1) is 11.3 Å². The van der Waals surface area contributed by atoms with Gasteiger partial charge in [-0.2, -0.15) is 5.26 Å². The first-order valence-electron chi connectivity index (χ1n) is 3.99. The molecule has 76 valence electrons. The largest absolute Gasteiger partial charge is 0.250 e. The van der Waals surface area contributed by atoms with Gasteiger partial charge in [-0.05, 0) is 18.4 Å². The molecule has 0 aliphatic carbocycles. The highest BCUT2D eigenvalue weighted by atomic mass is 32.2. The Hall–Kier alpha value is -0.900. The van der Waals surface area contributed by atoms with E-state index in [-0.39, 0.29) is 16.7 Å². The maximum Gasteiger partial charge on any atom is 0.250 e. The van der Waals surface area contributed by atoms with Crippen molar-refractivity contribution in [2.24, 2.45) is 0 Å². The van der Waals surface area contributed by atoms with E-state index in [2.05, 4.69) is 4.72 Å². The van der Waals surface area contributed by atoms with Crippen LogP contribution in [0.1, 0.15) is 13.3 Å². The molecule has 1 aromatic rings. The third-order valence-corrected chi connectivity index (χ3v) is 4.50. The Morgan fingerprint density at radius 1 is 1.71 bits per heavy atom. The van der Waals surface area contributed by atoms with Crippen molar-refractivity contribution in [1.29, 1.82) is 5.26 Å². The minimum absolute atomic E-state index is 0.171. The molecule has 1 unspecified atom stereocenters. The second-order valence-electron chi connectivity index (χ2n) is 2.82. The molecule has 4 nitrogen and oxygen atoms in total. The van der Waals surface area contributed by atoms with Gasteiger partial charge in [0, 0.05) is 6.04 Å². The van der Waals surface area contributed by atoms with Crippen molar-refractivity contribution in [1.82, 2.24) is 4.72 Å². The van der Waals surface area contributed by atoms with E-state index in [4.69, 9.17) is 5.26 Å². The van der Waals surface area contributed by atoms with Gasteiger partial charge < -0.3 is 0 Å². The van der Waals surface area contributed by atoms with Gasteiger partial charge in [-0.3, -0.25) is 0 Å². The molecule has 0 fully saturated rings. The smallest absolute Gasteiger partial charge is 0.207 e. The Kier molecular flexibility index (Phi) is 3.63. The first-order chi connectivity index (χ1) is 6.56. The molecule has 0 bridgehead atoms. The summed E-state index contributed by atoms with van der Waals surface area (Å²) in [4.78, 5) is 0. The molecule has 6 heteroatoms. The minimum atomic E-state index is -3.42. The molecule has 0 aromatic carbocycles. The van der Waals surface area contributed by atoms with Crippen LogP contribution in [0.4, 0.5) is 0 Å². The van der Waals surface area contributed by atoms with E-state index in [1.807, 2.05) is 6.07 Å². The highest BCUT2D eigenvalue weighted by Crippen LogP contribution is 2.15. The first-order valence-corrected chi connectivity index (χ1v) is 6.35. The van der Waals surface area contributed by atoms with E-state index >= 15 is 0 Å². The summed E-state index contributed by atoms with van der Waals surface area (Å²) in [6.07, 6.45) is 0.171. The average molecular weight is 230 g/mol. The normalized spacial score (nSPS) is 13.4. The van der Waals surface area contributed by atoms with Crippen LogP contribution in [-0.4, -0.2) is 14.5 Å². The van der Waals surface area contributed by atoms with Gasteiger partial charge in [0.05, 0.1) is 12.5 Å². The topological polar surface area (TPSA) is 70.0 Å². The number of sulfonamides is 1. The molecule has 0 spiro atoms. The fourth-order valence-corrected chi connectivity index (χ4v) is 3.17. The van der Waals surface area contributed by atoms with Crippen LogP contribution in [0.2, 0.25) is 0 Å². The Morgan fingerprint density at radius 2 is 2.43 bits per heavy atom. The van der Waals surface area contributed by atoms with Crippen LogP contribution in [0.5, 0.6) is 0 Å². The lowest BCUT2D eigenvalue weighted by molar-refractivity contribution is 0.565. The number of hydrogen-bond acceptors (Lipinski definition) is 4. The first kappa shape index (κ1) is 11.2. The molecule has 0 saturated heterocycles. The number of thiophene rings is 1. The molecule has 1 atom stereocenters. The fourth-order valence-electron chi connectivity index (χ4n) is 0.918. The molecule has 1 heterocycles. The molecule has 1 aromatic heterocycles. The summed E-state index contributed by atoms with van der Waals surface area (Å²) in [5, 5.41) is 10.1. The molecular formula is C8H10N2O2S2. The van der Waals surface area contributed by atoms with Crippen molar-refractivity contribution in [3.63, 3.8) is 0 Å². The van der Waals surface area contributed by atoms with Gasteiger partial charge in [-0.1, -0.05) is 6.07 Å². The van der Waals surface area contributed by atoms with E-state index in [1.54, 1.807) is 18.4 Å². The highest BCUT2D eigenvalue weighted by Gasteiger charge is 2.17. The van der Waals surface area contributed by atoms with Crippen molar-refractivity contribution in [3.05, 3.63) is 17.5 Å². The van der Waals surface area contributed by atoms with Gasteiger partial charge in [0.15, 0.2) is 0 Å². The molecule has 0 saturated carbocycles. The summed E-state index contributed by atoms with van der Waals surface area (Å²) in [5.41, 5.74) is 0. The Balaban J connectivity index is 2.74. The quantitative estimate of drug-likeness (QED) is 0.848. The fraction of sp³-hybridized carbons (Fsp3) is 0.375. The van der Waals surface area contributed by atoms with Crippen molar-refractivity contribution in [2.75, 3.05) is 0 Å². The van der Waals surface area contributed by atoms with Crippen molar-refractivity contribution >= 4 is 21.4 Å². The summed E-state index contributed by atoms with van der Waals surface area (Å²) < 4.78 is 25.8. The van der Waals surface area contributed by atoms with E-state index in [0.29, 0.717) is 0 Å². The van der Waals surface area contributed by atoms with Crippen molar-refractivity contribution < 1.29 is 8.42 Å². The van der Waals surface area contributed by atoms with Crippen LogP contribution >= 0.6 is 11.3 Å². The van der Waals surface area contributed by atoms with Crippen LogP contribution in [0.25, 0.3) is 0 Å². The number of rotatable bonds is 4. The zero-order valence-corrected chi connectivity index (χ0v) is 9.23. The lowest BCUT2D eigenvalue weighted by Crippen LogP contribution is -2.31. The van der Waals surface area contributed by atoms with E-state index in [1.165, 1.54) is 6.07 Å². The van der Waals surface area contributed by atoms with E-state index < -0.39 is 10.0 Å². The maximum atomic E-state index is 11.6. The molecule has 0 aliphatic heterocycles. The lowest BCUT2D eigenvalue weighted by atomic mass is 10.3. The zero-order valence-electron chi connectivity index (χ0n) is 7.60. The van der Waals surface area contributed by atoms with E-state index in [9.17, 15) is 8.42 Å². The van der Waals surface area contributed by atoms with Gasteiger partial charge in [0.2, 0.25) is 10.0 Å². The zero-order chi connectivity index (χ0) is 10.6. The van der Waals surface area contributed by atoms with Gasteiger partial charge in [-0.25, -0.2) is 13.1 Å². The molecule has 0 radical (unpaired) electrons. The highest BCUT2D eigenvalue weighted by molar-refractivity contribution is 7.91. The monoisotopic (exact) mass is 230 g/mol. The molecule has 14 heavy (non-hydrogen) atoms. The Labute approximate surface area is 87.2 Å². The molecule has 1 N–H and O–H groups in total. The number of nitriles is 1. The Morgan fingerprint density at radius 3 is 2.93 bits per heavy atom. The van der Waals surface area contributed by atoms with Gasteiger partial charge >= 0.3 is 0 Å². The number of hydrogen-bond donors (Lipinski definition) is 1. The second-order valence-corrected chi connectivity index (χ2v) is 5.71. The van der Waals surface area contributed by atoms with E-state index in [0.717, 1.165) is 11.3 Å². The lowest BCUT2D eigenvalue weighted by Gasteiger charge is -2.08. The predicted molar refractivity (Wildman–Crippen MR) is 54.3 cm³/mol. The summed E-state index contributed by atoms with van der Waals surface area (Å²) >= 11 is 1.16. The molecule has 1 rings (SSSR count). The van der Waals surface area contributed by atoms with Crippen molar-refractivity contribution in [2.45, 2.75) is 23.6 Å². The molecular weight excluding hydrogens is 220 g/mol. The standard InChI is InChI=1S/C8H10N2O2S2/c1-7(4-5-9)10-14(11,12)8-3-2-6-13-8/h2-3,6-7,10H,4H2,1H3. The van der Waals surface area contributed by atoms with Crippen LogP contribution in [-0.2, 0) is 10.0 Å². The maximum absolute atomic E-state index is 11.6. The summed E-state index contributed by atoms with van der Waals surface area (Å²) in [6, 6.07) is 4.77. The summed E-state index contributed by atoms with van der Waals surface area (Å²) in [5.74, 6) is 0. The van der Waals surface area contributed by atoms with Crippen molar-refractivity contribution in [3.8, 4) is 6.07 Å². The number of nitrogens with one attached hydrogen (secondary N) is 1. The predicted octanol–water partition coefficient (Wildman–Crippen LogP) is 1.33. The minimum Gasteiger partial charge on any atom is -0.207 e. The Bertz CT molecular complexity index is 417. The average Bonchev–Trinajstić information content (AvgIpc) is 2.54. The SMILES string of the molecule is CC(CC#N)NS(=O)(=O)c1cccs1. The molecule has 0 aliphatic rings. The third-order valence-electron chi connectivity index (χ3n) is 1.51. The van der Waals surface area contributed by atoms with Gasteiger partial charge in [0.1, 0.15) is 4.21 Å². The summed E-state index contributed by atoms with van der Waals surface area (Å²) in [6.45, 7) is 1.66. The van der Waals surface area contributed by atoms with Crippen LogP contribution in [0.3, 0.4) is 0 Å².